The molecule has 1 aliphatic heterocycles. The highest BCUT2D eigenvalue weighted by Crippen LogP contribution is 2.10. The molecule has 1 heterocycles. The van der Waals surface area contributed by atoms with Crippen LogP contribution in [0.25, 0.3) is 0 Å². The molecule has 0 radical (unpaired) electrons. The van der Waals surface area contributed by atoms with Gasteiger partial charge in [0.05, 0.1) is 0 Å². The van der Waals surface area contributed by atoms with Gasteiger partial charge in [0.2, 0.25) is 0 Å². The SMILES string of the molecule is CCCCCNC1CCN(CCC)CC1. The van der Waals surface area contributed by atoms with Crippen LogP contribution in [0.15, 0.2) is 0 Å². The van der Waals surface area contributed by atoms with E-state index >= 15 is 0 Å². The number of unbranched alkanes of at least 4 members (excludes halogenated alkanes) is 2. The van der Waals surface area contributed by atoms with E-state index in [0.29, 0.717) is 0 Å². The van der Waals surface area contributed by atoms with Gasteiger partial charge in [-0.05, 0) is 51.9 Å². The lowest BCUT2D eigenvalue weighted by molar-refractivity contribution is 0.198. The van der Waals surface area contributed by atoms with Crippen molar-refractivity contribution in [3.05, 3.63) is 0 Å². The van der Waals surface area contributed by atoms with E-state index in [1.54, 1.807) is 0 Å². The van der Waals surface area contributed by atoms with Gasteiger partial charge in [0.25, 0.3) is 0 Å². The second kappa shape index (κ2) is 8.12. The smallest absolute Gasteiger partial charge is 0.00914 e. The van der Waals surface area contributed by atoms with Gasteiger partial charge in [0, 0.05) is 6.04 Å². The van der Waals surface area contributed by atoms with Crippen molar-refractivity contribution in [1.29, 1.82) is 0 Å². The molecule has 1 N–H and O–H groups in total. The van der Waals surface area contributed by atoms with Crippen LogP contribution < -0.4 is 5.32 Å². The summed E-state index contributed by atoms with van der Waals surface area (Å²) in [5.74, 6) is 0. The first-order chi connectivity index (χ1) is 7.36. The summed E-state index contributed by atoms with van der Waals surface area (Å²) in [6.07, 6.45) is 8.07. The molecular weight excluding hydrogens is 184 g/mol. The molecule has 2 heteroatoms. The van der Waals surface area contributed by atoms with Gasteiger partial charge in [-0.15, -0.1) is 0 Å². The number of hydrogen-bond donors (Lipinski definition) is 1. The lowest BCUT2D eigenvalue weighted by Gasteiger charge is -2.32. The lowest BCUT2D eigenvalue weighted by atomic mass is 10.0. The summed E-state index contributed by atoms with van der Waals surface area (Å²) in [5.41, 5.74) is 0. The van der Waals surface area contributed by atoms with Crippen molar-refractivity contribution in [2.24, 2.45) is 0 Å². The number of hydrogen-bond acceptors (Lipinski definition) is 2. The molecule has 0 amide bonds. The minimum Gasteiger partial charge on any atom is -0.314 e. The van der Waals surface area contributed by atoms with Crippen molar-refractivity contribution in [3.63, 3.8) is 0 Å². The second-order valence-corrected chi connectivity index (χ2v) is 4.78. The van der Waals surface area contributed by atoms with Crippen LogP contribution in [-0.4, -0.2) is 37.1 Å². The summed E-state index contributed by atoms with van der Waals surface area (Å²) in [5, 5.41) is 3.69. The first-order valence-corrected chi connectivity index (χ1v) is 6.82. The van der Waals surface area contributed by atoms with E-state index in [0.717, 1.165) is 6.04 Å². The Morgan fingerprint density at radius 1 is 1.07 bits per heavy atom. The summed E-state index contributed by atoms with van der Waals surface area (Å²) in [4.78, 5) is 2.60. The standard InChI is InChI=1S/C13H28N2/c1-3-5-6-9-14-13-7-11-15(10-4-2)12-8-13/h13-14H,3-12H2,1-2H3. The quantitative estimate of drug-likeness (QED) is 0.653. The molecule has 0 aromatic carbocycles. The Labute approximate surface area is 95.4 Å². The van der Waals surface area contributed by atoms with Crippen LogP contribution in [0.1, 0.15) is 52.4 Å². The highest BCUT2D eigenvalue weighted by Gasteiger charge is 2.17. The molecule has 0 saturated carbocycles. The topological polar surface area (TPSA) is 15.3 Å². The Bertz CT molecular complexity index is 137. The van der Waals surface area contributed by atoms with Crippen LogP contribution in [0.5, 0.6) is 0 Å². The molecule has 1 aliphatic rings. The summed E-state index contributed by atoms with van der Waals surface area (Å²) >= 11 is 0. The van der Waals surface area contributed by atoms with Crippen molar-refractivity contribution < 1.29 is 0 Å². The molecule has 0 atom stereocenters. The average Bonchev–Trinajstić information content (AvgIpc) is 2.27. The van der Waals surface area contributed by atoms with Gasteiger partial charge in [0.1, 0.15) is 0 Å². The van der Waals surface area contributed by atoms with Gasteiger partial charge in [0.15, 0.2) is 0 Å². The Kier molecular flexibility index (Phi) is 7.03. The summed E-state index contributed by atoms with van der Waals surface area (Å²) in [7, 11) is 0. The zero-order chi connectivity index (χ0) is 10.9. The maximum Gasteiger partial charge on any atom is 0.00914 e. The molecular formula is C13H28N2. The Morgan fingerprint density at radius 2 is 1.80 bits per heavy atom. The van der Waals surface area contributed by atoms with Crippen LogP contribution in [0, 0.1) is 0 Å². The zero-order valence-electron chi connectivity index (χ0n) is 10.6. The van der Waals surface area contributed by atoms with Crippen molar-refractivity contribution >= 4 is 0 Å². The number of rotatable bonds is 7. The third-order valence-corrected chi connectivity index (χ3v) is 3.34. The number of piperidine rings is 1. The maximum absolute atomic E-state index is 3.69. The molecule has 1 rings (SSSR count). The van der Waals surface area contributed by atoms with Crippen LogP contribution >= 0.6 is 0 Å². The zero-order valence-corrected chi connectivity index (χ0v) is 10.6. The minimum absolute atomic E-state index is 0.801. The molecule has 2 nitrogen and oxygen atoms in total. The first kappa shape index (κ1) is 13.0. The minimum atomic E-state index is 0.801. The molecule has 0 unspecified atom stereocenters. The fourth-order valence-corrected chi connectivity index (χ4v) is 2.36. The number of likely N-dealkylation sites (tertiary alicyclic amines) is 1. The summed E-state index contributed by atoms with van der Waals surface area (Å²) < 4.78 is 0. The van der Waals surface area contributed by atoms with E-state index < -0.39 is 0 Å². The Morgan fingerprint density at radius 3 is 2.40 bits per heavy atom. The molecule has 15 heavy (non-hydrogen) atoms. The normalized spacial score (nSPS) is 19.6. The molecule has 0 aromatic heterocycles. The number of nitrogens with zero attached hydrogens (tertiary/aromatic N) is 1. The van der Waals surface area contributed by atoms with Crippen molar-refractivity contribution in [3.8, 4) is 0 Å². The van der Waals surface area contributed by atoms with Gasteiger partial charge >= 0.3 is 0 Å². The van der Waals surface area contributed by atoms with Gasteiger partial charge in [-0.2, -0.15) is 0 Å². The second-order valence-electron chi connectivity index (χ2n) is 4.78. The average molecular weight is 212 g/mol. The highest BCUT2D eigenvalue weighted by atomic mass is 15.1. The van der Waals surface area contributed by atoms with Crippen molar-refractivity contribution in [2.45, 2.75) is 58.4 Å². The first-order valence-electron chi connectivity index (χ1n) is 6.82. The van der Waals surface area contributed by atoms with E-state index in [-0.39, 0.29) is 0 Å². The monoisotopic (exact) mass is 212 g/mol. The van der Waals surface area contributed by atoms with E-state index in [4.69, 9.17) is 0 Å². The van der Waals surface area contributed by atoms with Crippen LogP contribution in [0.2, 0.25) is 0 Å². The van der Waals surface area contributed by atoms with Gasteiger partial charge in [-0.1, -0.05) is 26.7 Å². The highest BCUT2D eigenvalue weighted by molar-refractivity contribution is 4.76. The predicted molar refractivity (Wildman–Crippen MR) is 67.3 cm³/mol. The van der Waals surface area contributed by atoms with E-state index in [9.17, 15) is 0 Å². The lowest BCUT2D eigenvalue weighted by Crippen LogP contribution is -2.42. The van der Waals surface area contributed by atoms with Gasteiger partial charge in [-0.3, -0.25) is 0 Å². The Balaban J connectivity index is 1.99. The summed E-state index contributed by atoms with van der Waals surface area (Å²) in [6, 6.07) is 0.801. The molecule has 0 aromatic rings. The van der Waals surface area contributed by atoms with Gasteiger partial charge < -0.3 is 10.2 Å². The Hall–Kier alpha value is -0.0800. The third kappa shape index (κ3) is 5.53. The molecule has 90 valence electrons. The van der Waals surface area contributed by atoms with E-state index in [1.807, 2.05) is 0 Å². The molecule has 0 bridgehead atoms. The molecule has 1 saturated heterocycles. The van der Waals surface area contributed by atoms with E-state index in [1.165, 1.54) is 64.7 Å². The van der Waals surface area contributed by atoms with Crippen LogP contribution in [0.4, 0.5) is 0 Å². The van der Waals surface area contributed by atoms with Crippen LogP contribution in [-0.2, 0) is 0 Å². The van der Waals surface area contributed by atoms with Crippen LogP contribution in [0.3, 0.4) is 0 Å². The molecule has 1 fully saturated rings. The fraction of sp³-hybridized carbons (Fsp3) is 1.00. The van der Waals surface area contributed by atoms with Crippen molar-refractivity contribution in [2.75, 3.05) is 26.2 Å². The fourth-order valence-electron chi connectivity index (χ4n) is 2.36. The van der Waals surface area contributed by atoms with Crippen molar-refractivity contribution in [1.82, 2.24) is 10.2 Å². The third-order valence-electron chi connectivity index (χ3n) is 3.34. The van der Waals surface area contributed by atoms with Gasteiger partial charge in [-0.25, -0.2) is 0 Å². The maximum atomic E-state index is 3.69. The predicted octanol–water partition coefficient (Wildman–Crippen LogP) is 2.64. The largest absolute Gasteiger partial charge is 0.314 e. The molecule has 0 aliphatic carbocycles. The van der Waals surface area contributed by atoms with E-state index in [2.05, 4.69) is 24.1 Å². The summed E-state index contributed by atoms with van der Waals surface area (Å²) in [6.45, 7) is 9.67. The number of nitrogens with one attached hydrogen (secondary N) is 1. The molecule has 0 spiro atoms.